The molecule has 1 aromatic carbocycles. The third-order valence-corrected chi connectivity index (χ3v) is 4.47. The highest BCUT2D eigenvalue weighted by atomic mass is 16.5. The standard InChI is InChI=1S/C19H26N2O4/c1-2-13-25-16-5-3-14(4-6-16)17(22)7-8-18(23)21-11-9-15(10-12-21)19(20)24/h3-6,15H,2,7-13H2,1H3,(H2,20,24). The Kier molecular flexibility index (Phi) is 6.98. The van der Waals surface area contributed by atoms with Crippen LogP contribution in [0.1, 0.15) is 49.4 Å². The van der Waals surface area contributed by atoms with Gasteiger partial charge in [0.15, 0.2) is 5.78 Å². The number of nitrogens with two attached hydrogens (primary N) is 1. The highest BCUT2D eigenvalue weighted by molar-refractivity contribution is 5.98. The number of carbonyl (C=O) groups excluding carboxylic acids is 3. The molecule has 6 nitrogen and oxygen atoms in total. The number of rotatable bonds is 8. The summed E-state index contributed by atoms with van der Waals surface area (Å²) in [5, 5.41) is 0. The fraction of sp³-hybridized carbons (Fsp3) is 0.526. The Morgan fingerprint density at radius 1 is 1.12 bits per heavy atom. The van der Waals surface area contributed by atoms with E-state index in [-0.39, 0.29) is 36.4 Å². The average Bonchev–Trinajstić information content (AvgIpc) is 2.64. The zero-order valence-electron chi connectivity index (χ0n) is 14.7. The summed E-state index contributed by atoms with van der Waals surface area (Å²) < 4.78 is 5.49. The first-order chi connectivity index (χ1) is 12.0. The van der Waals surface area contributed by atoms with Gasteiger partial charge in [-0.3, -0.25) is 14.4 Å². The van der Waals surface area contributed by atoms with E-state index in [0.717, 1.165) is 12.2 Å². The van der Waals surface area contributed by atoms with E-state index >= 15 is 0 Å². The summed E-state index contributed by atoms with van der Waals surface area (Å²) in [4.78, 5) is 37.3. The Bertz CT molecular complexity index is 604. The van der Waals surface area contributed by atoms with Crippen molar-refractivity contribution in [2.24, 2.45) is 11.7 Å². The van der Waals surface area contributed by atoms with Crippen molar-refractivity contribution in [3.8, 4) is 5.75 Å². The SMILES string of the molecule is CCCOc1ccc(C(=O)CCC(=O)N2CCC(C(N)=O)CC2)cc1. The van der Waals surface area contributed by atoms with Crippen LogP contribution in [0.3, 0.4) is 0 Å². The zero-order chi connectivity index (χ0) is 18.2. The number of Topliss-reactive ketones (excluding diaryl/α,β-unsaturated/α-hetero) is 1. The number of likely N-dealkylation sites (tertiary alicyclic amines) is 1. The summed E-state index contributed by atoms with van der Waals surface area (Å²) in [7, 11) is 0. The molecule has 1 aliphatic heterocycles. The van der Waals surface area contributed by atoms with Crippen molar-refractivity contribution >= 4 is 17.6 Å². The van der Waals surface area contributed by atoms with E-state index in [0.29, 0.717) is 38.1 Å². The van der Waals surface area contributed by atoms with Gasteiger partial charge in [0.05, 0.1) is 6.61 Å². The minimum absolute atomic E-state index is 0.0424. The molecule has 6 heteroatoms. The minimum atomic E-state index is -0.298. The van der Waals surface area contributed by atoms with Crippen molar-refractivity contribution < 1.29 is 19.1 Å². The van der Waals surface area contributed by atoms with E-state index in [2.05, 4.69) is 0 Å². The van der Waals surface area contributed by atoms with Crippen molar-refractivity contribution in [2.45, 2.75) is 39.0 Å². The molecular weight excluding hydrogens is 320 g/mol. The van der Waals surface area contributed by atoms with Crippen molar-refractivity contribution in [3.05, 3.63) is 29.8 Å². The first-order valence-corrected chi connectivity index (χ1v) is 8.84. The Hall–Kier alpha value is -2.37. The van der Waals surface area contributed by atoms with Gasteiger partial charge in [0.1, 0.15) is 5.75 Å². The van der Waals surface area contributed by atoms with Gasteiger partial charge in [0.25, 0.3) is 0 Å². The molecule has 1 saturated heterocycles. The molecule has 1 aliphatic rings. The fourth-order valence-corrected chi connectivity index (χ4v) is 2.89. The quantitative estimate of drug-likeness (QED) is 0.731. The summed E-state index contributed by atoms with van der Waals surface area (Å²) in [6.45, 7) is 3.74. The molecule has 1 aromatic rings. The van der Waals surface area contributed by atoms with Crippen LogP contribution in [0.2, 0.25) is 0 Å². The van der Waals surface area contributed by atoms with E-state index in [1.165, 1.54) is 0 Å². The lowest BCUT2D eigenvalue weighted by molar-refractivity contribution is -0.134. The van der Waals surface area contributed by atoms with E-state index in [4.69, 9.17) is 10.5 Å². The summed E-state index contributed by atoms with van der Waals surface area (Å²) in [5.74, 6) is 0.209. The molecule has 1 heterocycles. The van der Waals surface area contributed by atoms with Crippen LogP contribution in [0.5, 0.6) is 5.75 Å². The average molecular weight is 346 g/mol. The summed E-state index contributed by atoms with van der Waals surface area (Å²) in [5.41, 5.74) is 5.88. The van der Waals surface area contributed by atoms with Gasteiger partial charge in [-0.15, -0.1) is 0 Å². The summed E-state index contributed by atoms with van der Waals surface area (Å²) in [6, 6.07) is 7.02. The van der Waals surface area contributed by atoms with Crippen LogP contribution in [0.4, 0.5) is 0 Å². The molecule has 2 rings (SSSR count). The third-order valence-electron chi connectivity index (χ3n) is 4.47. The summed E-state index contributed by atoms with van der Waals surface area (Å²) >= 11 is 0. The molecule has 0 aromatic heterocycles. The lowest BCUT2D eigenvalue weighted by atomic mass is 9.96. The number of hydrogen-bond acceptors (Lipinski definition) is 4. The number of piperidine rings is 1. The minimum Gasteiger partial charge on any atom is -0.494 e. The van der Waals surface area contributed by atoms with Crippen molar-refractivity contribution in [2.75, 3.05) is 19.7 Å². The molecule has 2 N–H and O–H groups in total. The first kappa shape index (κ1) is 19.0. The highest BCUT2D eigenvalue weighted by Gasteiger charge is 2.25. The maximum absolute atomic E-state index is 12.2. The molecule has 0 atom stereocenters. The molecule has 0 aliphatic carbocycles. The number of ether oxygens (including phenoxy) is 1. The monoisotopic (exact) mass is 346 g/mol. The Labute approximate surface area is 148 Å². The fourth-order valence-electron chi connectivity index (χ4n) is 2.89. The molecule has 0 spiro atoms. The van der Waals surface area contributed by atoms with Gasteiger partial charge >= 0.3 is 0 Å². The smallest absolute Gasteiger partial charge is 0.223 e. The molecule has 25 heavy (non-hydrogen) atoms. The van der Waals surface area contributed by atoms with Gasteiger partial charge in [0, 0.05) is 37.4 Å². The van der Waals surface area contributed by atoms with Gasteiger partial charge in [-0.2, -0.15) is 0 Å². The highest BCUT2D eigenvalue weighted by Crippen LogP contribution is 2.18. The van der Waals surface area contributed by atoms with Crippen molar-refractivity contribution in [3.63, 3.8) is 0 Å². The maximum atomic E-state index is 12.2. The van der Waals surface area contributed by atoms with E-state index in [1.807, 2.05) is 6.92 Å². The molecule has 2 amide bonds. The Morgan fingerprint density at radius 2 is 1.76 bits per heavy atom. The second-order valence-electron chi connectivity index (χ2n) is 6.35. The van der Waals surface area contributed by atoms with Crippen LogP contribution in [0.15, 0.2) is 24.3 Å². The van der Waals surface area contributed by atoms with Crippen molar-refractivity contribution in [1.29, 1.82) is 0 Å². The Balaban J connectivity index is 1.77. The molecule has 0 saturated carbocycles. The second kappa shape index (κ2) is 9.20. The third kappa shape index (κ3) is 5.59. The van der Waals surface area contributed by atoms with E-state index in [9.17, 15) is 14.4 Å². The zero-order valence-corrected chi connectivity index (χ0v) is 14.7. The molecular formula is C19H26N2O4. The number of carbonyl (C=O) groups is 3. The molecule has 0 unspecified atom stereocenters. The molecule has 136 valence electrons. The van der Waals surface area contributed by atoms with Gasteiger partial charge in [-0.1, -0.05) is 6.92 Å². The van der Waals surface area contributed by atoms with Crippen LogP contribution in [0.25, 0.3) is 0 Å². The van der Waals surface area contributed by atoms with Gasteiger partial charge < -0.3 is 15.4 Å². The van der Waals surface area contributed by atoms with Crippen LogP contribution in [-0.2, 0) is 9.59 Å². The Morgan fingerprint density at radius 3 is 2.32 bits per heavy atom. The van der Waals surface area contributed by atoms with Gasteiger partial charge in [-0.25, -0.2) is 0 Å². The number of primary amides is 1. The number of amides is 2. The maximum Gasteiger partial charge on any atom is 0.223 e. The lowest BCUT2D eigenvalue weighted by Gasteiger charge is -2.30. The summed E-state index contributed by atoms with van der Waals surface area (Å²) in [6.07, 6.45) is 2.51. The van der Waals surface area contributed by atoms with Gasteiger partial charge in [0.2, 0.25) is 11.8 Å². The van der Waals surface area contributed by atoms with Crippen molar-refractivity contribution in [1.82, 2.24) is 4.90 Å². The number of nitrogens with zero attached hydrogens (tertiary/aromatic N) is 1. The van der Waals surface area contributed by atoms with Crippen LogP contribution in [-0.4, -0.2) is 42.2 Å². The second-order valence-corrected chi connectivity index (χ2v) is 6.35. The largest absolute Gasteiger partial charge is 0.494 e. The molecule has 0 radical (unpaired) electrons. The molecule has 0 bridgehead atoms. The van der Waals surface area contributed by atoms with Gasteiger partial charge in [-0.05, 0) is 43.5 Å². The number of ketones is 1. The number of hydrogen-bond donors (Lipinski definition) is 1. The number of benzene rings is 1. The van der Waals surface area contributed by atoms with E-state index in [1.54, 1.807) is 29.2 Å². The predicted octanol–water partition coefficient (Wildman–Crippen LogP) is 2.16. The van der Waals surface area contributed by atoms with E-state index < -0.39 is 0 Å². The van der Waals surface area contributed by atoms with Crippen LogP contribution in [0, 0.1) is 5.92 Å². The van der Waals surface area contributed by atoms with Crippen LogP contribution >= 0.6 is 0 Å². The first-order valence-electron chi connectivity index (χ1n) is 8.84. The lowest BCUT2D eigenvalue weighted by Crippen LogP contribution is -2.41. The topological polar surface area (TPSA) is 89.7 Å². The normalized spacial score (nSPS) is 15.0. The van der Waals surface area contributed by atoms with Crippen LogP contribution < -0.4 is 10.5 Å². The molecule has 1 fully saturated rings. The predicted molar refractivity (Wildman–Crippen MR) is 94.3 cm³/mol.